The van der Waals surface area contributed by atoms with E-state index in [1.54, 1.807) is 23.1 Å². The van der Waals surface area contributed by atoms with Crippen molar-refractivity contribution in [2.45, 2.75) is 17.1 Å². The Hall–Kier alpha value is -2.69. The van der Waals surface area contributed by atoms with Crippen LogP contribution in [-0.4, -0.2) is 68.7 Å². The fourth-order valence-electron chi connectivity index (χ4n) is 3.98. The Morgan fingerprint density at radius 2 is 1.60 bits per heavy atom. The zero-order valence-electron chi connectivity index (χ0n) is 15.9. The molecule has 3 heterocycles. The van der Waals surface area contributed by atoms with Gasteiger partial charge in [0.15, 0.2) is 11.5 Å². The molecule has 8 nitrogen and oxygen atoms in total. The highest BCUT2D eigenvalue weighted by Gasteiger charge is 2.41. The molecule has 2 aromatic rings. The third kappa shape index (κ3) is 3.40. The van der Waals surface area contributed by atoms with Crippen LogP contribution in [0.1, 0.15) is 10.4 Å². The van der Waals surface area contributed by atoms with Crippen molar-refractivity contribution in [1.29, 1.82) is 0 Å². The number of rotatable bonds is 3. The molecule has 0 spiro atoms. The summed E-state index contributed by atoms with van der Waals surface area (Å²) in [4.78, 5) is 14.7. The van der Waals surface area contributed by atoms with Crippen molar-refractivity contribution in [3.8, 4) is 11.5 Å². The van der Waals surface area contributed by atoms with Crippen molar-refractivity contribution in [2.75, 3.05) is 33.0 Å². The van der Waals surface area contributed by atoms with Gasteiger partial charge in [-0.15, -0.1) is 0 Å². The van der Waals surface area contributed by atoms with Crippen LogP contribution in [0.5, 0.6) is 11.5 Å². The molecule has 2 unspecified atom stereocenters. The van der Waals surface area contributed by atoms with Crippen molar-refractivity contribution in [3.05, 3.63) is 53.8 Å². The molecule has 158 valence electrons. The first-order chi connectivity index (χ1) is 14.4. The van der Waals surface area contributed by atoms with Crippen LogP contribution in [0, 0.1) is 5.82 Å². The van der Waals surface area contributed by atoms with Gasteiger partial charge in [0, 0.05) is 31.7 Å². The van der Waals surface area contributed by atoms with Crippen LogP contribution in [0.15, 0.2) is 47.4 Å². The van der Waals surface area contributed by atoms with Crippen molar-refractivity contribution >= 4 is 15.9 Å². The maximum absolute atomic E-state index is 13.2. The molecule has 0 N–H and O–H groups in total. The predicted octanol–water partition coefficient (Wildman–Crippen LogP) is 1.47. The minimum atomic E-state index is -3.76. The Morgan fingerprint density at radius 1 is 0.933 bits per heavy atom. The van der Waals surface area contributed by atoms with Crippen LogP contribution >= 0.6 is 0 Å². The SMILES string of the molecule is O=C(c1ccc2c(c1)OCO2)N1CC2CN(S(=O)(=O)c3ccc(F)cc3)CC(C1)O2. The first-order valence-corrected chi connectivity index (χ1v) is 10.9. The normalized spacial score (nSPS) is 23.4. The molecule has 2 bridgehead atoms. The Kier molecular flexibility index (Phi) is 4.64. The van der Waals surface area contributed by atoms with Gasteiger partial charge in [-0.25, -0.2) is 12.8 Å². The lowest BCUT2D eigenvalue weighted by Gasteiger charge is -2.45. The first kappa shape index (κ1) is 19.3. The molecule has 1 amide bonds. The Morgan fingerprint density at radius 3 is 2.30 bits per heavy atom. The van der Waals surface area contributed by atoms with Crippen LogP contribution < -0.4 is 9.47 Å². The standard InChI is InChI=1S/C20H19FN2O6S/c21-14-2-4-17(5-3-14)30(25,26)23-10-15-8-22(9-16(11-23)29-15)20(24)13-1-6-18-19(7-13)28-12-27-18/h1-7,15-16H,8-12H2. The molecule has 3 aliphatic heterocycles. The summed E-state index contributed by atoms with van der Waals surface area (Å²) in [5, 5.41) is 0. The Bertz CT molecular complexity index is 1080. The monoisotopic (exact) mass is 434 g/mol. The van der Waals surface area contributed by atoms with Crippen molar-refractivity contribution in [1.82, 2.24) is 9.21 Å². The van der Waals surface area contributed by atoms with Crippen molar-refractivity contribution in [3.63, 3.8) is 0 Å². The summed E-state index contributed by atoms with van der Waals surface area (Å²) in [7, 11) is -3.76. The number of carbonyl (C=O) groups excluding carboxylic acids is 1. The van der Waals surface area contributed by atoms with Crippen LogP contribution in [0.25, 0.3) is 0 Å². The summed E-state index contributed by atoms with van der Waals surface area (Å²) in [6.07, 6.45) is -0.878. The lowest BCUT2D eigenvalue weighted by atomic mass is 10.1. The Balaban J connectivity index is 1.31. The van der Waals surface area contributed by atoms with Gasteiger partial charge in [0.2, 0.25) is 16.8 Å². The molecular formula is C20H19FN2O6S. The molecule has 0 saturated carbocycles. The second kappa shape index (κ2) is 7.22. The third-order valence-electron chi connectivity index (χ3n) is 5.41. The van der Waals surface area contributed by atoms with Gasteiger partial charge in [-0.05, 0) is 42.5 Å². The van der Waals surface area contributed by atoms with Crippen LogP contribution in [0.2, 0.25) is 0 Å². The first-order valence-electron chi connectivity index (χ1n) is 9.50. The molecule has 0 aliphatic carbocycles. The van der Waals surface area contributed by atoms with E-state index in [9.17, 15) is 17.6 Å². The molecule has 3 aliphatic rings. The maximum Gasteiger partial charge on any atom is 0.254 e. The number of benzene rings is 2. The number of morpholine rings is 2. The number of amides is 1. The molecular weight excluding hydrogens is 415 g/mol. The van der Waals surface area contributed by atoms with E-state index in [0.717, 1.165) is 12.1 Å². The summed E-state index contributed by atoms with van der Waals surface area (Å²) in [5.74, 6) is 0.477. The zero-order chi connectivity index (χ0) is 20.9. The van der Waals surface area contributed by atoms with Gasteiger partial charge < -0.3 is 19.1 Å². The maximum atomic E-state index is 13.2. The molecule has 0 aromatic heterocycles. The average Bonchev–Trinajstić information content (AvgIpc) is 3.20. The number of halogens is 1. The Labute approximate surface area is 172 Å². The van der Waals surface area contributed by atoms with Crippen molar-refractivity contribution in [2.24, 2.45) is 0 Å². The number of nitrogens with zero attached hydrogens (tertiary/aromatic N) is 2. The molecule has 10 heteroatoms. The van der Waals surface area contributed by atoms with Crippen molar-refractivity contribution < 1.29 is 31.8 Å². The number of sulfonamides is 1. The van der Waals surface area contributed by atoms with Gasteiger partial charge in [-0.1, -0.05) is 0 Å². The molecule has 30 heavy (non-hydrogen) atoms. The van der Waals surface area contributed by atoms with E-state index in [1.807, 2.05) is 0 Å². The lowest BCUT2D eigenvalue weighted by Crippen LogP contribution is -2.61. The van der Waals surface area contributed by atoms with Gasteiger partial charge in [0.1, 0.15) is 5.82 Å². The highest BCUT2D eigenvalue weighted by molar-refractivity contribution is 7.89. The molecule has 2 fully saturated rings. The summed E-state index contributed by atoms with van der Waals surface area (Å²) in [6, 6.07) is 9.80. The molecule has 5 rings (SSSR count). The highest BCUT2D eigenvalue weighted by atomic mass is 32.2. The van der Waals surface area contributed by atoms with E-state index in [4.69, 9.17) is 14.2 Å². The number of fused-ring (bicyclic) bond motifs is 3. The van der Waals surface area contributed by atoms with E-state index in [-0.39, 0.29) is 43.8 Å². The van der Waals surface area contributed by atoms with Gasteiger partial charge in [-0.3, -0.25) is 4.79 Å². The fraction of sp³-hybridized carbons (Fsp3) is 0.350. The number of carbonyl (C=O) groups is 1. The predicted molar refractivity (Wildman–Crippen MR) is 102 cm³/mol. The summed E-state index contributed by atoms with van der Waals surface area (Å²) in [6.45, 7) is 0.938. The van der Waals surface area contributed by atoms with E-state index in [1.165, 1.54) is 16.4 Å². The molecule has 0 radical (unpaired) electrons. The molecule has 2 saturated heterocycles. The van der Waals surface area contributed by atoms with Gasteiger partial charge in [0.05, 0.1) is 17.1 Å². The van der Waals surface area contributed by atoms with Crippen LogP contribution in [-0.2, 0) is 14.8 Å². The summed E-state index contributed by atoms with van der Waals surface area (Å²) >= 11 is 0. The quantitative estimate of drug-likeness (QED) is 0.727. The van der Waals surface area contributed by atoms with Gasteiger partial charge >= 0.3 is 0 Å². The second-order valence-corrected chi connectivity index (χ2v) is 9.37. The van der Waals surface area contributed by atoms with Gasteiger partial charge in [-0.2, -0.15) is 4.31 Å². The average molecular weight is 434 g/mol. The van der Waals surface area contributed by atoms with E-state index in [0.29, 0.717) is 17.1 Å². The van der Waals surface area contributed by atoms with Crippen LogP contribution in [0.3, 0.4) is 0 Å². The number of hydrogen-bond acceptors (Lipinski definition) is 6. The summed E-state index contributed by atoms with van der Waals surface area (Å²) in [5.41, 5.74) is 0.481. The van der Waals surface area contributed by atoms with Crippen LogP contribution in [0.4, 0.5) is 4.39 Å². The number of hydrogen-bond donors (Lipinski definition) is 0. The topological polar surface area (TPSA) is 85.4 Å². The molecule has 2 aromatic carbocycles. The van der Waals surface area contributed by atoms with Gasteiger partial charge in [0.25, 0.3) is 5.91 Å². The third-order valence-corrected chi connectivity index (χ3v) is 7.25. The lowest BCUT2D eigenvalue weighted by molar-refractivity contribution is -0.113. The number of ether oxygens (including phenoxy) is 3. The van der Waals surface area contributed by atoms with E-state index >= 15 is 0 Å². The summed E-state index contributed by atoms with van der Waals surface area (Å²) < 4.78 is 56.8. The minimum absolute atomic E-state index is 0.0390. The fourth-order valence-corrected chi connectivity index (χ4v) is 5.49. The smallest absolute Gasteiger partial charge is 0.254 e. The minimum Gasteiger partial charge on any atom is -0.454 e. The molecule has 2 atom stereocenters. The zero-order valence-corrected chi connectivity index (χ0v) is 16.7. The second-order valence-electron chi connectivity index (χ2n) is 7.43. The van der Waals surface area contributed by atoms with E-state index in [2.05, 4.69) is 0 Å². The largest absolute Gasteiger partial charge is 0.454 e. The van der Waals surface area contributed by atoms with E-state index < -0.39 is 28.0 Å². The highest BCUT2D eigenvalue weighted by Crippen LogP contribution is 2.33.